The second-order valence-corrected chi connectivity index (χ2v) is 6.28. The number of rotatable bonds is 9. The molecule has 1 aliphatic rings. The van der Waals surface area contributed by atoms with Crippen molar-refractivity contribution in [3.63, 3.8) is 0 Å². The number of carbonyl (C=O) groups is 2. The molecule has 25 heavy (non-hydrogen) atoms. The Hall–Kier alpha value is -2.08. The van der Waals surface area contributed by atoms with Crippen LogP contribution in [-0.4, -0.2) is 54.2 Å². The second kappa shape index (κ2) is 9.42. The summed E-state index contributed by atoms with van der Waals surface area (Å²) in [6.45, 7) is 5.09. The molecule has 1 aromatic carbocycles. The van der Waals surface area contributed by atoms with Crippen molar-refractivity contribution in [3.8, 4) is 5.75 Å². The maximum Gasteiger partial charge on any atom is 0.267 e. The van der Waals surface area contributed by atoms with E-state index in [0.29, 0.717) is 31.1 Å². The van der Waals surface area contributed by atoms with Gasteiger partial charge in [0.15, 0.2) is 6.10 Å². The zero-order valence-corrected chi connectivity index (χ0v) is 15.1. The first-order valence-corrected chi connectivity index (χ1v) is 9.04. The molecular weight excluding hydrogens is 320 g/mol. The number of benzene rings is 1. The molecule has 0 fully saturated rings. The van der Waals surface area contributed by atoms with Gasteiger partial charge in [0.05, 0.1) is 12.3 Å². The fraction of sp³-hybridized carbons (Fsp3) is 0.579. The lowest BCUT2D eigenvalue weighted by atomic mass is 10.1. The Balaban J connectivity index is 2.00. The third-order valence-corrected chi connectivity index (χ3v) is 4.38. The van der Waals surface area contributed by atoms with Crippen LogP contribution in [0.15, 0.2) is 24.3 Å². The van der Waals surface area contributed by atoms with E-state index in [1.807, 2.05) is 24.3 Å². The molecule has 0 aromatic heterocycles. The molecule has 2 amide bonds. The first-order chi connectivity index (χ1) is 12.1. The van der Waals surface area contributed by atoms with Crippen molar-refractivity contribution in [1.29, 1.82) is 0 Å². The highest BCUT2D eigenvalue weighted by Gasteiger charge is 2.31. The van der Waals surface area contributed by atoms with Crippen LogP contribution in [0.25, 0.3) is 0 Å². The molecule has 1 aromatic rings. The van der Waals surface area contributed by atoms with Crippen molar-refractivity contribution in [1.82, 2.24) is 4.90 Å². The summed E-state index contributed by atoms with van der Waals surface area (Å²) in [5, 5.41) is 9.19. The van der Waals surface area contributed by atoms with Crippen LogP contribution < -0.4 is 9.64 Å². The van der Waals surface area contributed by atoms with E-state index in [2.05, 4.69) is 6.92 Å². The van der Waals surface area contributed by atoms with Gasteiger partial charge in [0, 0.05) is 26.1 Å². The fourth-order valence-corrected chi connectivity index (χ4v) is 2.99. The van der Waals surface area contributed by atoms with E-state index in [-0.39, 0.29) is 24.8 Å². The number of ether oxygens (including phenoxy) is 1. The van der Waals surface area contributed by atoms with Gasteiger partial charge in [0.1, 0.15) is 5.75 Å². The van der Waals surface area contributed by atoms with Crippen LogP contribution >= 0.6 is 0 Å². The summed E-state index contributed by atoms with van der Waals surface area (Å²) in [6.07, 6.45) is 2.75. The third kappa shape index (κ3) is 4.95. The summed E-state index contributed by atoms with van der Waals surface area (Å²) in [5.41, 5.74) is 0.707. The number of nitrogens with zero attached hydrogens (tertiary/aromatic N) is 2. The van der Waals surface area contributed by atoms with Crippen LogP contribution in [0.1, 0.15) is 39.5 Å². The predicted molar refractivity (Wildman–Crippen MR) is 96.7 cm³/mol. The predicted octanol–water partition coefficient (Wildman–Crippen LogP) is 2.20. The van der Waals surface area contributed by atoms with Crippen molar-refractivity contribution in [2.24, 2.45) is 0 Å². The molecule has 1 atom stereocenters. The Labute approximate surface area is 149 Å². The van der Waals surface area contributed by atoms with Crippen molar-refractivity contribution >= 4 is 17.5 Å². The summed E-state index contributed by atoms with van der Waals surface area (Å²) in [7, 11) is 0. The third-order valence-electron chi connectivity index (χ3n) is 4.38. The van der Waals surface area contributed by atoms with Gasteiger partial charge in [-0.25, -0.2) is 0 Å². The summed E-state index contributed by atoms with van der Waals surface area (Å²) >= 11 is 0. The minimum atomic E-state index is -0.553. The summed E-state index contributed by atoms with van der Waals surface area (Å²) in [6, 6.07) is 7.37. The summed E-state index contributed by atoms with van der Waals surface area (Å²) < 4.78 is 5.61. The minimum Gasteiger partial charge on any atom is -0.479 e. The highest BCUT2D eigenvalue weighted by molar-refractivity contribution is 6.00. The number of anilines is 1. The largest absolute Gasteiger partial charge is 0.479 e. The lowest BCUT2D eigenvalue weighted by Crippen LogP contribution is -2.46. The number of aliphatic hydroxyl groups excluding tert-OH is 1. The molecule has 2 rings (SSSR count). The van der Waals surface area contributed by atoms with Crippen molar-refractivity contribution in [2.75, 3.05) is 31.1 Å². The van der Waals surface area contributed by atoms with Gasteiger partial charge < -0.3 is 19.6 Å². The maximum absolute atomic E-state index is 12.5. The van der Waals surface area contributed by atoms with E-state index in [4.69, 9.17) is 4.74 Å². The molecule has 0 saturated heterocycles. The average molecular weight is 348 g/mol. The number of hydrogen-bond donors (Lipinski definition) is 1. The number of fused-ring (bicyclic) bond motifs is 1. The summed E-state index contributed by atoms with van der Waals surface area (Å²) in [5.74, 6) is 0.498. The SMILES string of the molecule is CCCCCN(CCO)C(=O)CCN1C(=O)C(C)Oc2ccccc21. The first kappa shape index (κ1) is 19.2. The van der Waals surface area contributed by atoms with Gasteiger partial charge >= 0.3 is 0 Å². The van der Waals surface area contributed by atoms with E-state index < -0.39 is 6.10 Å². The zero-order chi connectivity index (χ0) is 18.2. The molecule has 138 valence electrons. The Morgan fingerprint density at radius 1 is 1.28 bits per heavy atom. The highest BCUT2D eigenvalue weighted by Crippen LogP contribution is 2.33. The Morgan fingerprint density at radius 2 is 2.04 bits per heavy atom. The van der Waals surface area contributed by atoms with Gasteiger partial charge in [-0.05, 0) is 25.5 Å². The molecule has 1 N–H and O–H groups in total. The molecule has 0 saturated carbocycles. The van der Waals surface area contributed by atoms with Gasteiger partial charge in [-0.2, -0.15) is 0 Å². The van der Waals surface area contributed by atoms with Crippen LogP contribution in [0.5, 0.6) is 5.75 Å². The summed E-state index contributed by atoms with van der Waals surface area (Å²) in [4.78, 5) is 28.3. The van der Waals surface area contributed by atoms with Gasteiger partial charge in [-0.3, -0.25) is 9.59 Å². The van der Waals surface area contributed by atoms with Crippen molar-refractivity contribution in [2.45, 2.75) is 45.6 Å². The van der Waals surface area contributed by atoms with E-state index >= 15 is 0 Å². The van der Waals surface area contributed by atoms with Crippen molar-refractivity contribution in [3.05, 3.63) is 24.3 Å². The Morgan fingerprint density at radius 3 is 2.76 bits per heavy atom. The van der Waals surface area contributed by atoms with Gasteiger partial charge in [-0.1, -0.05) is 31.9 Å². The second-order valence-electron chi connectivity index (χ2n) is 6.28. The number of hydrogen-bond acceptors (Lipinski definition) is 4. The van der Waals surface area contributed by atoms with Crippen molar-refractivity contribution < 1.29 is 19.4 Å². The Bertz CT molecular complexity index is 591. The number of unbranched alkanes of at least 4 members (excludes halogenated alkanes) is 2. The fourth-order valence-electron chi connectivity index (χ4n) is 2.99. The monoisotopic (exact) mass is 348 g/mol. The molecule has 0 bridgehead atoms. The van der Waals surface area contributed by atoms with E-state index in [9.17, 15) is 14.7 Å². The van der Waals surface area contributed by atoms with Crippen LogP contribution in [0.2, 0.25) is 0 Å². The minimum absolute atomic E-state index is 0.0328. The molecule has 0 aliphatic carbocycles. The lowest BCUT2D eigenvalue weighted by molar-refractivity contribution is -0.131. The smallest absolute Gasteiger partial charge is 0.267 e. The first-order valence-electron chi connectivity index (χ1n) is 9.04. The normalized spacial score (nSPS) is 16.4. The van der Waals surface area contributed by atoms with E-state index in [0.717, 1.165) is 19.3 Å². The van der Waals surface area contributed by atoms with Gasteiger partial charge in [0.25, 0.3) is 5.91 Å². The number of aliphatic hydroxyl groups is 1. The average Bonchev–Trinajstić information content (AvgIpc) is 2.61. The molecule has 6 heteroatoms. The van der Waals surface area contributed by atoms with Crippen LogP contribution in [0.3, 0.4) is 0 Å². The molecule has 1 heterocycles. The molecule has 1 unspecified atom stereocenters. The standard InChI is InChI=1S/C19H28N2O4/c1-3-4-7-11-20(13-14-22)18(23)10-12-21-16-8-5-6-9-17(16)25-15(2)19(21)24/h5-6,8-9,15,22H,3-4,7,10-14H2,1-2H3. The molecule has 0 radical (unpaired) electrons. The number of amides is 2. The van der Waals surface area contributed by atoms with E-state index in [1.54, 1.807) is 16.7 Å². The zero-order valence-electron chi connectivity index (χ0n) is 15.1. The molecule has 1 aliphatic heterocycles. The van der Waals surface area contributed by atoms with Crippen LogP contribution in [0, 0.1) is 0 Å². The quantitative estimate of drug-likeness (QED) is 0.695. The lowest BCUT2D eigenvalue weighted by Gasteiger charge is -2.33. The molecular formula is C19H28N2O4. The van der Waals surface area contributed by atoms with E-state index in [1.165, 1.54) is 0 Å². The van der Waals surface area contributed by atoms with Gasteiger partial charge in [0.2, 0.25) is 5.91 Å². The topological polar surface area (TPSA) is 70.1 Å². The maximum atomic E-state index is 12.5. The van der Waals surface area contributed by atoms with Crippen LogP contribution in [-0.2, 0) is 9.59 Å². The molecule has 0 spiro atoms. The molecule has 6 nitrogen and oxygen atoms in total. The number of para-hydroxylation sites is 2. The highest BCUT2D eigenvalue weighted by atomic mass is 16.5. The van der Waals surface area contributed by atoms with Gasteiger partial charge in [-0.15, -0.1) is 0 Å². The Kier molecular flexibility index (Phi) is 7.25. The number of carbonyl (C=O) groups excluding carboxylic acids is 2. The van der Waals surface area contributed by atoms with Crippen LogP contribution in [0.4, 0.5) is 5.69 Å².